The van der Waals surface area contributed by atoms with Crippen molar-refractivity contribution in [1.82, 2.24) is 9.55 Å². The molecule has 5 rings (SSSR count). The molecular formula is C24H16B3F4N3O2. The van der Waals surface area contributed by atoms with Crippen molar-refractivity contribution < 1.29 is 22.3 Å². The maximum atomic E-state index is 15.2. The lowest BCUT2D eigenvalue weighted by atomic mass is 9.49. The maximum Gasteiger partial charge on any atom is 0.405 e. The number of anilines is 2. The second-order valence-electron chi connectivity index (χ2n) is 8.91. The van der Waals surface area contributed by atoms with E-state index in [4.69, 9.17) is 28.3 Å². The molecule has 2 heterocycles. The molecule has 0 saturated heterocycles. The average Bonchev–Trinajstić information content (AvgIpc) is 3.60. The van der Waals surface area contributed by atoms with E-state index >= 15 is 4.39 Å². The minimum atomic E-state index is -4.41. The summed E-state index contributed by atoms with van der Waals surface area (Å²) in [5.41, 5.74) is -1.55. The molecule has 36 heavy (non-hydrogen) atoms. The van der Waals surface area contributed by atoms with Crippen molar-refractivity contribution in [3.8, 4) is 11.8 Å². The Balaban J connectivity index is 1.70. The molecule has 6 radical (unpaired) electrons. The zero-order valence-electron chi connectivity index (χ0n) is 18.9. The summed E-state index contributed by atoms with van der Waals surface area (Å²) in [6.45, 7) is 0.406. The molecule has 0 amide bonds. The highest BCUT2D eigenvalue weighted by atomic mass is 19.4. The maximum absolute atomic E-state index is 15.2. The summed E-state index contributed by atoms with van der Waals surface area (Å²) >= 11 is 0. The van der Waals surface area contributed by atoms with Crippen molar-refractivity contribution in [3.63, 3.8) is 0 Å². The first-order chi connectivity index (χ1) is 16.9. The van der Waals surface area contributed by atoms with E-state index in [0.29, 0.717) is 16.8 Å². The molecule has 5 nitrogen and oxygen atoms in total. The number of rotatable bonds is 2. The second-order valence-corrected chi connectivity index (χ2v) is 8.91. The summed E-state index contributed by atoms with van der Waals surface area (Å²) in [4.78, 5) is 18.6. The van der Waals surface area contributed by atoms with E-state index in [2.05, 4.69) is 16.8 Å². The Bertz CT molecular complexity index is 1480. The number of halogens is 4. The van der Waals surface area contributed by atoms with E-state index in [1.807, 2.05) is 0 Å². The Hall–Kier alpha value is -3.19. The van der Waals surface area contributed by atoms with Crippen LogP contribution in [-0.4, -0.2) is 52.4 Å². The molecule has 1 aromatic heterocycles. The number of aromatic nitrogens is 2. The van der Waals surface area contributed by atoms with Gasteiger partial charge in [0.1, 0.15) is 11.2 Å². The van der Waals surface area contributed by atoms with Crippen molar-refractivity contribution >= 4 is 45.9 Å². The third kappa shape index (κ3) is 4.09. The Morgan fingerprint density at radius 2 is 1.81 bits per heavy atom. The van der Waals surface area contributed by atoms with Gasteiger partial charge in [0.25, 0.3) is 0 Å². The van der Waals surface area contributed by atoms with Crippen LogP contribution in [0.3, 0.4) is 0 Å². The minimum Gasteiger partial charge on any atom is -0.375 e. The molecule has 2 aromatic carbocycles. The number of hydrogen-bond acceptors (Lipinski definition) is 4. The molecule has 0 spiro atoms. The molecule has 1 aliphatic carbocycles. The highest BCUT2D eigenvalue weighted by molar-refractivity contribution is 6.56. The van der Waals surface area contributed by atoms with Crippen LogP contribution >= 0.6 is 0 Å². The molecule has 2 aliphatic rings. The first-order valence-corrected chi connectivity index (χ1v) is 11.1. The number of benzene rings is 2. The van der Waals surface area contributed by atoms with E-state index in [1.54, 1.807) is 23.1 Å². The summed E-state index contributed by atoms with van der Waals surface area (Å²) in [7, 11) is 17.3. The molecule has 0 N–H and O–H groups in total. The largest absolute Gasteiger partial charge is 0.405 e. The van der Waals surface area contributed by atoms with Crippen LogP contribution in [0.4, 0.5) is 29.1 Å². The van der Waals surface area contributed by atoms with Gasteiger partial charge in [-0.25, -0.2) is 9.18 Å². The molecule has 0 unspecified atom stereocenters. The van der Waals surface area contributed by atoms with Gasteiger partial charge in [-0.1, -0.05) is 29.2 Å². The SMILES string of the molecule is [B]C([B])([B])n1c(=O)nc(N2CCOCc3c(C#CC4(C(F)(F)F)CC4)cccc32)c2c(F)cccc21. The summed E-state index contributed by atoms with van der Waals surface area (Å²) < 4.78 is 61.8. The van der Waals surface area contributed by atoms with Gasteiger partial charge in [-0.3, -0.25) is 0 Å². The predicted molar refractivity (Wildman–Crippen MR) is 129 cm³/mol. The van der Waals surface area contributed by atoms with Crippen LogP contribution in [0, 0.1) is 23.1 Å². The van der Waals surface area contributed by atoms with Crippen molar-refractivity contribution in [2.75, 3.05) is 18.1 Å². The molecule has 1 aliphatic heterocycles. The quantitative estimate of drug-likeness (QED) is 0.317. The van der Waals surface area contributed by atoms with Gasteiger partial charge in [0.15, 0.2) is 5.82 Å². The van der Waals surface area contributed by atoms with Crippen LogP contribution in [0.5, 0.6) is 0 Å². The Morgan fingerprint density at radius 1 is 1.08 bits per heavy atom. The van der Waals surface area contributed by atoms with E-state index in [9.17, 15) is 18.0 Å². The van der Waals surface area contributed by atoms with Crippen LogP contribution in [0.15, 0.2) is 41.2 Å². The third-order valence-corrected chi connectivity index (χ3v) is 6.37. The van der Waals surface area contributed by atoms with Gasteiger partial charge in [0.05, 0.1) is 47.7 Å². The normalized spacial score (nSPS) is 17.2. The third-order valence-electron chi connectivity index (χ3n) is 6.37. The van der Waals surface area contributed by atoms with Crippen LogP contribution in [0.2, 0.25) is 0 Å². The van der Waals surface area contributed by atoms with Crippen LogP contribution in [-0.2, 0) is 16.6 Å². The lowest BCUT2D eigenvalue weighted by molar-refractivity contribution is -0.168. The molecule has 0 atom stereocenters. The van der Waals surface area contributed by atoms with Crippen LogP contribution in [0.25, 0.3) is 10.9 Å². The Morgan fingerprint density at radius 3 is 2.47 bits per heavy atom. The Labute approximate surface area is 208 Å². The molecule has 12 heteroatoms. The van der Waals surface area contributed by atoms with Crippen LogP contribution in [0.1, 0.15) is 24.0 Å². The van der Waals surface area contributed by atoms with Gasteiger partial charge in [0, 0.05) is 23.4 Å². The van der Waals surface area contributed by atoms with Crippen molar-refractivity contribution in [3.05, 3.63) is 63.8 Å². The molecule has 0 bridgehead atoms. The van der Waals surface area contributed by atoms with Gasteiger partial charge in [-0.2, -0.15) is 18.2 Å². The first kappa shape index (κ1) is 24.5. The zero-order chi connectivity index (χ0) is 25.9. The zero-order valence-corrected chi connectivity index (χ0v) is 18.9. The van der Waals surface area contributed by atoms with E-state index < -0.39 is 28.3 Å². The molecule has 1 fully saturated rings. The number of ether oxygens (including phenoxy) is 1. The second kappa shape index (κ2) is 8.44. The number of nitrogens with zero attached hydrogens (tertiary/aromatic N) is 3. The van der Waals surface area contributed by atoms with E-state index in [-0.39, 0.29) is 49.3 Å². The topological polar surface area (TPSA) is 47.4 Å². The monoisotopic (exact) mass is 487 g/mol. The Kier molecular flexibility index (Phi) is 5.75. The molecular weight excluding hydrogens is 471 g/mol. The predicted octanol–water partition coefficient (Wildman–Crippen LogP) is 2.97. The van der Waals surface area contributed by atoms with E-state index in [1.165, 1.54) is 18.2 Å². The number of alkyl halides is 3. The fourth-order valence-corrected chi connectivity index (χ4v) is 4.35. The smallest absolute Gasteiger partial charge is 0.375 e. The number of hydrogen-bond donors (Lipinski definition) is 0. The highest BCUT2D eigenvalue weighted by Crippen LogP contribution is 2.57. The van der Waals surface area contributed by atoms with Crippen molar-refractivity contribution in [2.45, 2.75) is 30.9 Å². The highest BCUT2D eigenvalue weighted by Gasteiger charge is 2.62. The average molecular weight is 487 g/mol. The lowest BCUT2D eigenvalue weighted by Crippen LogP contribution is -2.44. The van der Waals surface area contributed by atoms with Gasteiger partial charge >= 0.3 is 11.9 Å². The summed E-state index contributed by atoms with van der Waals surface area (Å²) in [6.07, 6.45) is -4.50. The molecule has 3 aromatic rings. The molecule has 1 saturated carbocycles. The van der Waals surface area contributed by atoms with Gasteiger partial charge in [-0.05, 0) is 37.1 Å². The van der Waals surface area contributed by atoms with Gasteiger partial charge in [0.2, 0.25) is 0 Å². The summed E-state index contributed by atoms with van der Waals surface area (Å²) in [6, 6.07) is 8.92. The van der Waals surface area contributed by atoms with Crippen LogP contribution < -0.4 is 10.6 Å². The fourth-order valence-electron chi connectivity index (χ4n) is 4.35. The van der Waals surface area contributed by atoms with Crippen molar-refractivity contribution in [2.24, 2.45) is 5.41 Å². The minimum absolute atomic E-state index is 0.0283. The summed E-state index contributed by atoms with van der Waals surface area (Å²) in [5, 5.41) is -2.20. The molecule has 176 valence electrons. The summed E-state index contributed by atoms with van der Waals surface area (Å²) in [5.74, 6) is 4.36. The lowest BCUT2D eigenvalue weighted by Gasteiger charge is -2.29. The fraction of sp³-hybridized carbons (Fsp3) is 0.333. The van der Waals surface area contributed by atoms with Gasteiger partial charge in [-0.15, -0.1) is 0 Å². The van der Waals surface area contributed by atoms with Gasteiger partial charge < -0.3 is 14.2 Å². The first-order valence-electron chi connectivity index (χ1n) is 11.1. The number of fused-ring (bicyclic) bond motifs is 2. The standard InChI is InChI=1S/C24H16B3F4N3O2/c25-24(26,27)34-18-6-2-4-16(28)19(18)20(32-21(34)35)33-11-12-36-13-15-14(3-1-5-17(15)33)7-8-22(9-10-22)23(29,30)31/h1-6H,9-13H2. The van der Waals surface area contributed by atoms with E-state index in [0.717, 1.165) is 4.57 Å². The van der Waals surface area contributed by atoms with Crippen molar-refractivity contribution in [1.29, 1.82) is 0 Å².